The van der Waals surface area contributed by atoms with E-state index in [9.17, 15) is 9.59 Å². The molecule has 2 amide bonds. The Hall–Kier alpha value is -2.45. The van der Waals surface area contributed by atoms with E-state index in [1.807, 2.05) is 6.07 Å². The molecule has 2 aromatic rings. The maximum Gasteiger partial charge on any atom is 0.261 e. The minimum absolute atomic E-state index is 0.0606. The normalized spacial score (nSPS) is 13.8. The number of anilines is 1. The Balaban J connectivity index is 1.55. The first-order valence-corrected chi connectivity index (χ1v) is 12.6. The van der Waals surface area contributed by atoms with Gasteiger partial charge in [-0.15, -0.1) is 0 Å². The second-order valence-corrected chi connectivity index (χ2v) is 9.46. The van der Waals surface area contributed by atoms with Gasteiger partial charge >= 0.3 is 0 Å². The smallest absolute Gasteiger partial charge is 0.261 e. The lowest BCUT2D eigenvalue weighted by molar-refractivity contribution is 0.0926. The summed E-state index contributed by atoms with van der Waals surface area (Å²) in [5, 5.41) is 8.96. The lowest BCUT2D eigenvalue weighted by Gasteiger charge is -2.22. The van der Waals surface area contributed by atoms with Crippen molar-refractivity contribution in [3.8, 4) is 5.75 Å². The van der Waals surface area contributed by atoms with Crippen LogP contribution in [0.3, 0.4) is 0 Å². The topological polar surface area (TPSA) is 79.5 Å². The summed E-state index contributed by atoms with van der Waals surface area (Å²) >= 11 is 8.71. The number of halogens is 1. The largest absolute Gasteiger partial charge is 0.493 e. The van der Waals surface area contributed by atoms with Gasteiger partial charge in [-0.2, -0.15) is 0 Å². The van der Waals surface area contributed by atoms with Gasteiger partial charge in [-0.1, -0.05) is 48.5 Å². The average molecular weight is 533 g/mol. The average Bonchev–Trinajstić information content (AvgIpc) is 2.81. The fourth-order valence-electron chi connectivity index (χ4n) is 3.69. The van der Waals surface area contributed by atoms with Crippen LogP contribution in [0.15, 0.2) is 46.9 Å². The number of hydrogen-bond donors (Lipinski definition) is 3. The van der Waals surface area contributed by atoms with Crippen LogP contribution in [0, 0.1) is 0 Å². The van der Waals surface area contributed by atoms with Crippen LogP contribution in [0.2, 0.25) is 0 Å². The van der Waals surface area contributed by atoms with Gasteiger partial charge in [-0.3, -0.25) is 14.9 Å². The second kappa shape index (κ2) is 12.7. The number of carbonyl (C=O) groups is 2. The number of ether oxygens (including phenoxy) is 1. The van der Waals surface area contributed by atoms with Gasteiger partial charge in [0.1, 0.15) is 5.75 Å². The van der Waals surface area contributed by atoms with Crippen LogP contribution in [0.4, 0.5) is 5.69 Å². The predicted molar refractivity (Wildman–Crippen MR) is 139 cm³/mol. The number of hydrogen-bond acceptors (Lipinski definition) is 4. The maximum absolute atomic E-state index is 12.8. The van der Waals surface area contributed by atoms with E-state index in [0.29, 0.717) is 29.2 Å². The molecule has 1 fully saturated rings. The SMILES string of the molecule is CCCCOc1ccc(Br)cc1C(=O)NC(=S)Nc1ccc(C(=O)NC2CCCCC2)cc1. The highest BCUT2D eigenvalue weighted by atomic mass is 79.9. The van der Waals surface area contributed by atoms with Gasteiger partial charge in [0.2, 0.25) is 0 Å². The van der Waals surface area contributed by atoms with Crippen molar-refractivity contribution in [1.82, 2.24) is 10.6 Å². The van der Waals surface area contributed by atoms with Crippen molar-refractivity contribution < 1.29 is 14.3 Å². The molecule has 3 rings (SSSR count). The number of unbranched alkanes of at least 4 members (excludes halogenated alkanes) is 1. The molecular weight excluding hydrogens is 502 g/mol. The fraction of sp³-hybridized carbons (Fsp3) is 0.400. The zero-order valence-electron chi connectivity index (χ0n) is 18.8. The van der Waals surface area contributed by atoms with Crippen LogP contribution >= 0.6 is 28.1 Å². The molecule has 0 aliphatic heterocycles. The molecule has 0 radical (unpaired) electrons. The third-order valence-corrected chi connectivity index (χ3v) is 6.21. The summed E-state index contributed by atoms with van der Waals surface area (Å²) in [6, 6.07) is 12.6. The van der Waals surface area contributed by atoms with E-state index in [2.05, 4.69) is 38.8 Å². The Morgan fingerprint density at radius 2 is 1.79 bits per heavy atom. The first-order chi connectivity index (χ1) is 16.0. The van der Waals surface area contributed by atoms with Gasteiger partial charge in [0.25, 0.3) is 11.8 Å². The molecule has 176 valence electrons. The molecular formula is C25H30BrN3O3S. The molecule has 1 saturated carbocycles. The zero-order chi connectivity index (χ0) is 23.6. The molecule has 3 N–H and O–H groups in total. The third-order valence-electron chi connectivity index (χ3n) is 5.51. The summed E-state index contributed by atoms with van der Waals surface area (Å²) in [4.78, 5) is 25.3. The zero-order valence-corrected chi connectivity index (χ0v) is 21.2. The van der Waals surface area contributed by atoms with Gasteiger partial charge in [0.05, 0.1) is 12.2 Å². The first kappa shape index (κ1) is 25.2. The first-order valence-electron chi connectivity index (χ1n) is 11.4. The van der Waals surface area contributed by atoms with E-state index in [1.165, 1.54) is 19.3 Å². The Bertz CT molecular complexity index is 975. The highest BCUT2D eigenvalue weighted by molar-refractivity contribution is 9.10. The molecule has 33 heavy (non-hydrogen) atoms. The van der Waals surface area contributed by atoms with Crippen LogP contribution in [0.1, 0.15) is 72.6 Å². The van der Waals surface area contributed by atoms with E-state index >= 15 is 0 Å². The summed E-state index contributed by atoms with van der Waals surface area (Å²) in [5.41, 5.74) is 1.69. The van der Waals surface area contributed by atoms with Gasteiger partial charge < -0.3 is 15.4 Å². The Labute approximate surface area is 209 Å². The van der Waals surface area contributed by atoms with Gasteiger partial charge in [0.15, 0.2) is 5.11 Å². The fourth-order valence-corrected chi connectivity index (χ4v) is 4.26. The molecule has 0 saturated heterocycles. The van der Waals surface area contributed by atoms with Crippen molar-refractivity contribution in [2.75, 3.05) is 11.9 Å². The van der Waals surface area contributed by atoms with Crippen molar-refractivity contribution >= 4 is 50.8 Å². The maximum atomic E-state index is 12.8. The highest BCUT2D eigenvalue weighted by Crippen LogP contribution is 2.24. The van der Waals surface area contributed by atoms with Crippen LogP contribution in [-0.4, -0.2) is 29.6 Å². The Morgan fingerprint density at radius 3 is 2.48 bits per heavy atom. The van der Waals surface area contributed by atoms with Crippen LogP contribution in [0.25, 0.3) is 0 Å². The molecule has 0 aromatic heterocycles. The number of nitrogens with one attached hydrogen (secondary N) is 3. The Kier molecular flexibility index (Phi) is 9.69. The summed E-state index contributed by atoms with van der Waals surface area (Å²) in [6.07, 6.45) is 7.59. The Morgan fingerprint density at radius 1 is 1.06 bits per heavy atom. The standard InChI is InChI=1S/C25H30BrN3O3S/c1-2-3-15-32-22-14-11-18(26)16-21(22)24(31)29-25(33)28-20-12-9-17(10-13-20)23(30)27-19-7-5-4-6-8-19/h9-14,16,19H,2-8,15H2,1H3,(H,27,30)(H2,28,29,31,33). The lowest BCUT2D eigenvalue weighted by atomic mass is 9.95. The van der Waals surface area contributed by atoms with E-state index < -0.39 is 0 Å². The molecule has 1 aliphatic rings. The molecule has 2 aromatic carbocycles. The molecule has 0 unspecified atom stereocenters. The van der Waals surface area contributed by atoms with E-state index in [4.69, 9.17) is 17.0 Å². The van der Waals surface area contributed by atoms with Crippen LogP contribution in [0.5, 0.6) is 5.75 Å². The minimum Gasteiger partial charge on any atom is -0.493 e. The van der Waals surface area contributed by atoms with Crippen LogP contribution in [-0.2, 0) is 0 Å². The second-order valence-electron chi connectivity index (χ2n) is 8.14. The van der Waals surface area contributed by atoms with Crippen molar-refractivity contribution in [3.63, 3.8) is 0 Å². The molecule has 0 bridgehead atoms. The highest BCUT2D eigenvalue weighted by Gasteiger charge is 2.17. The summed E-state index contributed by atoms with van der Waals surface area (Å²) < 4.78 is 6.53. The van der Waals surface area contributed by atoms with Crippen molar-refractivity contribution in [2.24, 2.45) is 0 Å². The minimum atomic E-state index is -0.358. The van der Waals surface area contributed by atoms with Crippen molar-refractivity contribution in [1.29, 1.82) is 0 Å². The quantitative estimate of drug-likeness (QED) is 0.295. The predicted octanol–water partition coefficient (Wildman–Crippen LogP) is 5.82. The summed E-state index contributed by atoms with van der Waals surface area (Å²) in [6.45, 7) is 2.63. The number of thiocarbonyl (C=S) groups is 1. The molecule has 6 nitrogen and oxygen atoms in total. The molecule has 0 spiro atoms. The van der Waals surface area contributed by atoms with Crippen molar-refractivity contribution in [2.45, 2.75) is 57.9 Å². The van der Waals surface area contributed by atoms with Gasteiger partial charge in [0, 0.05) is 21.8 Å². The third kappa shape index (κ3) is 7.82. The number of rotatable bonds is 8. The number of carbonyl (C=O) groups excluding carboxylic acids is 2. The molecule has 1 aliphatic carbocycles. The summed E-state index contributed by atoms with van der Waals surface area (Å²) in [7, 11) is 0. The molecule has 8 heteroatoms. The molecule has 0 heterocycles. The monoisotopic (exact) mass is 531 g/mol. The van der Waals surface area contributed by atoms with Crippen molar-refractivity contribution in [3.05, 3.63) is 58.1 Å². The summed E-state index contributed by atoms with van der Waals surface area (Å²) in [5.74, 6) is 0.0960. The van der Waals surface area contributed by atoms with Gasteiger partial charge in [-0.25, -0.2) is 0 Å². The molecule has 0 atom stereocenters. The lowest BCUT2D eigenvalue weighted by Crippen LogP contribution is -2.36. The number of benzene rings is 2. The van der Waals surface area contributed by atoms with E-state index in [1.54, 1.807) is 36.4 Å². The number of amides is 2. The van der Waals surface area contributed by atoms with E-state index in [0.717, 1.165) is 30.2 Å². The van der Waals surface area contributed by atoms with Gasteiger partial charge in [-0.05, 0) is 73.9 Å². The van der Waals surface area contributed by atoms with E-state index in [-0.39, 0.29) is 23.0 Å². The van der Waals surface area contributed by atoms with Crippen LogP contribution < -0.4 is 20.7 Å².